The Morgan fingerprint density at radius 2 is 1.79 bits per heavy atom. The molecule has 346 valence electrons. The van der Waals surface area contributed by atoms with Gasteiger partial charge in [0.2, 0.25) is 17.7 Å². The van der Waals surface area contributed by atoms with Crippen molar-refractivity contribution >= 4 is 53.2 Å². The first-order valence-corrected chi connectivity index (χ1v) is 21.2. The summed E-state index contributed by atoms with van der Waals surface area (Å²) in [5.74, 6) is -2.94. The van der Waals surface area contributed by atoms with Crippen LogP contribution in [0.3, 0.4) is 0 Å². The molecule has 0 saturated carbocycles. The molecule has 3 aliphatic heterocycles. The molecular formula is C44H60ClN5O13. The van der Waals surface area contributed by atoms with Crippen molar-refractivity contribution in [3.8, 4) is 5.75 Å². The highest BCUT2D eigenvalue weighted by molar-refractivity contribution is 6.32. The van der Waals surface area contributed by atoms with Crippen LogP contribution in [0.25, 0.3) is 0 Å². The highest BCUT2D eigenvalue weighted by Crippen LogP contribution is 2.48. The van der Waals surface area contributed by atoms with Gasteiger partial charge >= 0.3 is 12.1 Å². The lowest BCUT2D eigenvalue weighted by Crippen LogP contribution is -2.63. The fraction of sp³-hybridized carbons (Fsp3) is 0.568. The number of amides is 6. The second kappa shape index (κ2) is 22.4. The van der Waals surface area contributed by atoms with Gasteiger partial charge in [0.05, 0.1) is 31.2 Å². The first kappa shape index (κ1) is 50.3. The summed E-state index contributed by atoms with van der Waals surface area (Å²) in [6.07, 6.45) is 4.99. The lowest BCUT2D eigenvalue weighted by molar-refractivity contribution is -0.162. The second-order valence-corrected chi connectivity index (χ2v) is 16.6. The number of carbonyl (C=O) groups is 7. The van der Waals surface area contributed by atoms with Crippen molar-refractivity contribution in [1.29, 1.82) is 0 Å². The van der Waals surface area contributed by atoms with E-state index in [1.807, 2.05) is 25.1 Å². The summed E-state index contributed by atoms with van der Waals surface area (Å²) in [7, 11) is 5.77. The molecule has 8 unspecified atom stereocenters. The molecule has 0 spiro atoms. The monoisotopic (exact) mass is 901 g/mol. The number of alkyl carbamates (subject to hydrolysis) is 1. The first-order chi connectivity index (χ1) is 29.8. The van der Waals surface area contributed by atoms with E-state index in [9.17, 15) is 38.7 Å². The summed E-state index contributed by atoms with van der Waals surface area (Å²) in [6.45, 7) is 6.69. The summed E-state index contributed by atoms with van der Waals surface area (Å²) >= 11 is 6.16. The highest BCUT2D eigenvalue weighted by atomic mass is 35.5. The third-order valence-corrected chi connectivity index (χ3v) is 11.9. The van der Waals surface area contributed by atoms with Gasteiger partial charge in [0.25, 0.3) is 11.8 Å². The van der Waals surface area contributed by atoms with Crippen molar-refractivity contribution in [2.24, 2.45) is 5.92 Å². The Bertz CT molecular complexity index is 1960. The maximum atomic E-state index is 13.5. The Kier molecular flexibility index (Phi) is 17.9. The smallest absolute Gasteiger partial charge is 0.409 e. The Morgan fingerprint density at radius 1 is 1.10 bits per heavy atom. The summed E-state index contributed by atoms with van der Waals surface area (Å²) < 4.78 is 28.6. The third-order valence-electron chi connectivity index (χ3n) is 11.6. The number of halogens is 1. The lowest BCUT2D eigenvalue weighted by atomic mass is 9.83. The molecule has 63 heavy (non-hydrogen) atoms. The lowest BCUT2D eigenvalue weighted by Gasteiger charge is -2.42. The van der Waals surface area contributed by atoms with E-state index in [1.165, 1.54) is 40.3 Å². The molecule has 19 heteroatoms. The number of hydrogen-bond acceptors (Lipinski definition) is 13. The van der Waals surface area contributed by atoms with E-state index in [1.54, 1.807) is 39.2 Å². The number of nitrogens with zero attached hydrogens (tertiary/aromatic N) is 2. The van der Waals surface area contributed by atoms with Crippen LogP contribution >= 0.6 is 11.6 Å². The van der Waals surface area contributed by atoms with Crippen LogP contribution in [0.1, 0.15) is 71.8 Å². The van der Waals surface area contributed by atoms with Gasteiger partial charge in [-0.05, 0) is 57.7 Å². The van der Waals surface area contributed by atoms with E-state index in [2.05, 4.69) is 16.0 Å². The topological polar surface area (TPSA) is 232 Å². The molecule has 18 nitrogen and oxygen atoms in total. The number of nitrogens with one attached hydrogen (secondary N) is 3. The number of unbranched alkanes of at least 4 members (excludes halogenated alkanes) is 2. The number of imide groups is 1. The fourth-order valence-electron chi connectivity index (χ4n) is 7.51. The van der Waals surface area contributed by atoms with E-state index >= 15 is 0 Å². The van der Waals surface area contributed by atoms with Crippen LogP contribution in [0, 0.1) is 5.92 Å². The van der Waals surface area contributed by atoms with E-state index in [0.29, 0.717) is 36.5 Å². The van der Waals surface area contributed by atoms with Gasteiger partial charge in [-0.25, -0.2) is 9.59 Å². The van der Waals surface area contributed by atoms with Gasteiger partial charge in [0.1, 0.15) is 35.7 Å². The van der Waals surface area contributed by atoms with Gasteiger partial charge in [0.15, 0.2) is 5.72 Å². The van der Waals surface area contributed by atoms with Crippen LogP contribution in [0.2, 0.25) is 5.02 Å². The van der Waals surface area contributed by atoms with Crippen molar-refractivity contribution in [2.45, 2.75) is 114 Å². The molecule has 4 N–H and O–H groups in total. The number of allylic oxidation sites excluding steroid dienone is 3. The SMILES string of the molecule is CNC(=O)CC(OC(=O)C(C)N(C)C(=O)CNC(=O)CCCCCN1C(=O)C=CC1=O)C1(C)OC1C(C)C1CC(O)(C(/C=C/C=C(\C)Cc2ccc(Cl)c(OC)c2)OC)NC(=O)O1. The number of epoxide rings is 1. The third kappa shape index (κ3) is 13.4. The molecule has 0 aromatic heterocycles. The first-order valence-electron chi connectivity index (χ1n) is 20.8. The van der Waals surface area contributed by atoms with E-state index in [-0.39, 0.29) is 50.1 Å². The Balaban J connectivity index is 1.32. The van der Waals surface area contributed by atoms with Gasteiger partial charge in [-0.15, -0.1) is 0 Å². The average molecular weight is 902 g/mol. The van der Waals surface area contributed by atoms with Crippen LogP contribution < -0.4 is 20.7 Å². The fourth-order valence-corrected chi connectivity index (χ4v) is 7.71. The van der Waals surface area contributed by atoms with Gasteiger partial charge in [-0.3, -0.25) is 34.2 Å². The van der Waals surface area contributed by atoms with E-state index < -0.39 is 71.6 Å². The van der Waals surface area contributed by atoms with E-state index in [0.717, 1.165) is 20.9 Å². The number of rotatable bonds is 23. The summed E-state index contributed by atoms with van der Waals surface area (Å²) in [5.41, 5.74) is -1.13. The minimum absolute atomic E-state index is 0.104. The van der Waals surface area contributed by atoms with E-state index in [4.69, 9.17) is 35.3 Å². The van der Waals surface area contributed by atoms with Gasteiger partial charge < -0.3 is 44.3 Å². The molecule has 3 aliphatic rings. The van der Waals surface area contributed by atoms with Crippen LogP contribution in [0.15, 0.2) is 54.2 Å². The maximum absolute atomic E-state index is 13.5. The van der Waals surface area contributed by atoms with Crippen LogP contribution in [-0.2, 0) is 54.1 Å². The summed E-state index contributed by atoms with van der Waals surface area (Å²) in [5, 5.41) is 19.8. The molecule has 0 radical (unpaired) electrons. The van der Waals surface area contributed by atoms with Gasteiger partial charge in [-0.2, -0.15) is 0 Å². The predicted octanol–water partition coefficient (Wildman–Crippen LogP) is 2.89. The number of cyclic esters (lactones) is 1. The average Bonchev–Trinajstić information content (AvgIpc) is 3.85. The van der Waals surface area contributed by atoms with Crippen molar-refractivity contribution in [1.82, 2.24) is 25.8 Å². The molecule has 0 bridgehead atoms. The number of aliphatic hydroxyl groups is 1. The van der Waals surface area contributed by atoms with Crippen molar-refractivity contribution in [3.63, 3.8) is 0 Å². The quantitative estimate of drug-likeness (QED) is 0.0408. The molecule has 4 rings (SSSR count). The zero-order valence-corrected chi connectivity index (χ0v) is 37.8. The predicted molar refractivity (Wildman–Crippen MR) is 229 cm³/mol. The van der Waals surface area contributed by atoms with Crippen LogP contribution in [0.5, 0.6) is 5.75 Å². The largest absolute Gasteiger partial charge is 0.495 e. The number of methoxy groups -OCH3 is 2. The van der Waals surface area contributed by atoms with Crippen LogP contribution in [-0.4, -0.2) is 140 Å². The Labute approximate surface area is 372 Å². The zero-order chi connectivity index (χ0) is 46.6. The molecule has 0 aliphatic carbocycles. The molecule has 8 atom stereocenters. The standard InChI is InChI=1S/C44H60ClN5O13/c1-26(21-29-16-17-30(45)31(22-29)59-7)13-12-14-33(60-8)44(58)24-32(61-42(57)48-44)27(2)40-43(4,63-40)34(23-36(52)46-5)62-41(56)28(3)49(6)39(55)25-47-35(51)15-10-9-11-20-50-37(53)18-19-38(50)54/h12-14,16-19,22,27-28,32-34,40,58H,9-11,15,20-21,23-25H2,1-8H3,(H,46,52)(H,47,51)(H,48,57)/b14-12+,26-13+. The van der Waals surface area contributed by atoms with Crippen molar-refractivity contribution < 1.29 is 62.4 Å². The number of carbonyl (C=O) groups excluding carboxylic acids is 7. The maximum Gasteiger partial charge on any atom is 0.409 e. The molecule has 1 aromatic rings. The minimum atomic E-state index is -1.88. The van der Waals surface area contributed by atoms with Gasteiger partial charge in [-0.1, -0.05) is 54.8 Å². The van der Waals surface area contributed by atoms with Crippen molar-refractivity contribution in [3.05, 3.63) is 64.7 Å². The molecule has 2 fully saturated rings. The number of esters is 1. The molecule has 3 heterocycles. The highest BCUT2D eigenvalue weighted by Gasteiger charge is 2.64. The number of hydrogen-bond donors (Lipinski definition) is 4. The Hall–Kier alpha value is -5.30. The van der Waals surface area contributed by atoms with Gasteiger partial charge in [0, 0.05) is 58.7 Å². The summed E-state index contributed by atoms with van der Waals surface area (Å²) in [6, 6.07) is 4.40. The minimum Gasteiger partial charge on any atom is -0.495 e. The molecule has 2 saturated heterocycles. The molecule has 6 amide bonds. The summed E-state index contributed by atoms with van der Waals surface area (Å²) in [4.78, 5) is 90.1. The van der Waals surface area contributed by atoms with Crippen LogP contribution in [0.4, 0.5) is 4.79 Å². The molecular weight excluding hydrogens is 842 g/mol. The molecule has 1 aromatic carbocycles. The number of likely N-dealkylation sites (N-methyl/N-ethyl adjacent to an activating group) is 1. The normalized spacial score (nSPS) is 23.9. The number of benzene rings is 1. The van der Waals surface area contributed by atoms with Crippen molar-refractivity contribution in [2.75, 3.05) is 41.4 Å². The second-order valence-electron chi connectivity index (χ2n) is 16.2. The zero-order valence-electron chi connectivity index (χ0n) is 37.1. The number of ether oxygens (including phenoxy) is 5. The Morgan fingerprint density at radius 3 is 2.44 bits per heavy atom.